The van der Waals surface area contributed by atoms with Gasteiger partial charge in [-0.05, 0) is 26.0 Å². The molecule has 7 heteroatoms. The maximum Gasteiger partial charge on any atom is 0.354 e. The van der Waals surface area contributed by atoms with E-state index in [2.05, 4.69) is 9.97 Å². The molecule has 0 saturated heterocycles. The van der Waals surface area contributed by atoms with E-state index in [-0.39, 0.29) is 17.6 Å². The Labute approximate surface area is 132 Å². The summed E-state index contributed by atoms with van der Waals surface area (Å²) in [4.78, 5) is 33.2. The summed E-state index contributed by atoms with van der Waals surface area (Å²) >= 11 is 1.55. The number of thiazole rings is 1. The molecule has 116 valence electrons. The third-order valence-corrected chi connectivity index (χ3v) is 4.00. The lowest BCUT2D eigenvalue weighted by atomic mass is 10.1. The van der Waals surface area contributed by atoms with Crippen LogP contribution in [0.3, 0.4) is 0 Å². The molecule has 1 N–H and O–H groups in total. The first-order chi connectivity index (χ1) is 10.5. The molecule has 0 aliphatic heterocycles. The summed E-state index contributed by atoms with van der Waals surface area (Å²) in [5, 5.41) is 11.8. The first-order valence-electron chi connectivity index (χ1n) is 6.87. The van der Waals surface area contributed by atoms with Gasteiger partial charge in [-0.25, -0.2) is 14.8 Å². The maximum absolute atomic E-state index is 12.6. The Morgan fingerprint density at radius 2 is 2.09 bits per heavy atom. The molecule has 2 aromatic rings. The molecule has 0 fully saturated rings. The first kappa shape index (κ1) is 16.1. The molecule has 0 atom stereocenters. The molecule has 0 aliphatic carbocycles. The quantitative estimate of drug-likeness (QED) is 0.883. The molecule has 0 aromatic carbocycles. The van der Waals surface area contributed by atoms with Crippen LogP contribution in [0.5, 0.6) is 0 Å². The molecule has 0 bridgehead atoms. The van der Waals surface area contributed by atoms with Gasteiger partial charge >= 0.3 is 5.97 Å². The second-order valence-electron chi connectivity index (χ2n) is 5.00. The number of aromatic carboxylic acids is 1. The molecule has 22 heavy (non-hydrogen) atoms. The van der Waals surface area contributed by atoms with Crippen molar-refractivity contribution in [2.45, 2.75) is 26.3 Å². The minimum absolute atomic E-state index is 0.00825. The smallest absolute Gasteiger partial charge is 0.354 e. The van der Waals surface area contributed by atoms with Crippen molar-refractivity contribution < 1.29 is 14.7 Å². The zero-order valence-electron chi connectivity index (χ0n) is 12.4. The van der Waals surface area contributed by atoms with Crippen molar-refractivity contribution in [2.75, 3.05) is 6.54 Å². The van der Waals surface area contributed by atoms with Crippen LogP contribution in [-0.4, -0.2) is 44.4 Å². The Kier molecular flexibility index (Phi) is 5.21. The highest BCUT2D eigenvalue weighted by Crippen LogP contribution is 2.12. The number of pyridine rings is 1. The predicted octanol–water partition coefficient (Wildman–Crippen LogP) is 2.33. The van der Waals surface area contributed by atoms with E-state index < -0.39 is 5.97 Å². The van der Waals surface area contributed by atoms with Crippen LogP contribution < -0.4 is 0 Å². The van der Waals surface area contributed by atoms with Crippen LogP contribution in [0.4, 0.5) is 0 Å². The van der Waals surface area contributed by atoms with Crippen LogP contribution in [0.2, 0.25) is 0 Å². The summed E-state index contributed by atoms with van der Waals surface area (Å²) in [5.41, 5.74) is 0.203. The van der Waals surface area contributed by atoms with E-state index >= 15 is 0 Å². The minimum atomic E-state index is -1.14. The monoisotopic (exact) mass is 319 g/mol. The fourth-order valence-electron chi connectivity index (χ4n) is 2.03. The van der Waals surface area contributed by atoms with E-state index in [0.717, 1.165) is 5.01 Å². The summed E-state index contributed by atoms with van der Waals surface area (Å²) in [5.74, 6) is -1.34. The Morgan fingerprint density at radius 3 is 2.68 bits per heavy atom. The number of carbonyl (C=O) groups excluding carboxylic acids is 1. The molecule has 0 saturated carbocycles. The highest BCUT2D eigenvalue weighted by atomic mass is 32.1. The van der Waals surface area contributed by atoms with Crippen LogP contribution >= 0.6 is 11.3 Å². The summed E-state index contributed by atoms with van der Waals surface area (Å²) in [7, 11) is 0. The predicted molar refractivity (Wildman–Crippen MR) is 83.2 cm³/mol. The maximum atomic E-state index is 12.6. The normalized spacial score (nSPS) is 10.7. The number of nitrogens with zero attached hydrogens (tertiary/aromatic N) is 3. The van der Waals surface area contributed by atoms with Crippen molar-refractivity contribution in [1.29, 1.82) is 0 Å². The van der Waals surface area contributed by atoms with Crippen molar-refractivity contribution in [3.05, 3.63) is 46.2 Å². The largest absolute Gasteiger partial charge is 0.477 e. The number of carboxylic acid groups (broad SMARTS) is 1. The topological polar surface area (TPSA) is 83.4 Å². The molecule has 2 aromatic heterocycles. The number of hydrogen-bond donors (Lipinski definition) is 1. The molecule has 1 amide bonds. The van der Waals surface area contributed by atoms with E-state index in [1.54, 1.807) is 22.4 Å². The van der Waals surface area contributed by atoms with Gasteiger partial charge in [0.1, 0.15) is 5.69 Å². The molecule has 2 rings (SSSR count). The van der Waals surface area contributed by atoms with Gasteiger partial charge in [-0.1, -0.05) is 0 Å². The van der Waals surface area contributed by atoms with E-state index in [1.165, 1.54) is 18.3 Å². The molecule has 0 spiro atoms. The van der Waals surface area contributed by atoms with Crippen LogP contribution in [0.15, 0.2) is 29.9 Å². The zero-order valence-corrected chi connectivity index (χ0v) is 13.2. The highest BCUT2D eigenvalue weighted by Gasteiger charge is 2.20. The van der Waals surface area contributed by atoms with Gasteiger partial charge in [0.15, 0.2) is 0 Å². The number of carbonyl (C=O) groups is 2. The first-order valence-corrected chi connectivity index (χ1v) is 7.75. The van der Waals surface area contributed by atoms with Crippen LogP contribution in [0.1, 0.15) is 39.7 Å². The van der Waals surface area contributed by atoms with Crippen molar-refractivity contribution in [2.24, 2.45) is 0 Å². The zero-order chi connectivity index (χ0) is 16.1. The van der Waals surface area contributed by atoms with Gasteiger partial charge in [0.2, 0.25) is 0 Å². The highest BCUT2D eigenvalue weighted by molar-refractivity contribution is 7.09. The summed E-state index contributed by atoms with van der Waals surface area (Å²) < 4.78 is 0. The number of carboxylic acids is 1. The second kappa shape index (κ2) is 7.13. The summed E-state index contributed by atoms with van der Waals surface area (Å²) in [6.45, 7) is 4.40. The third kappa shape index (κ3) is 3.88. The Bertz CT molecular complexity index is 656. The Balaban J connectivity index is 2.15. The summed E-state index contributed by atoms with van der Waals surface area (Å²) in [6, 6.07) is 2.85. The van der Waals surface area contributed by atoms with E-state index in [1.807, 2.05) is 19.2 Å². The van der Waals surface area contributed by atoms with Gasteiger partial charge in [-0.15, -0.1) is 11.3 Å². The van der Waals surface area contributed by atoms with Crippen LogP contribution in [0, 0.1) is 0 Å². The van der Waals surface area contributed by atoms with Gasteiger partial charge in [-0.3, -0.25) is 4.79 Å². The van der Waals surface area contributed by atoms with Gasteiger partial charge in [0, 0.05) is 42.3 Å². The lowest BCUT2D eigenvalue weighted by molar-refractivity contribution is 0.0690. The van der Waals surface area contributed by atoms with Gasteiger partial charge in [0.25, 0.3) is 5.91 Å². The number of rotatable bonds is 6. The van der Waals surface area contributed by atoms with Crippen molar-refractivity contribution in [1.82, 2.24) is 14.9 Å². The number of aromatic nitrogens is 2. The van der Waals surface area contributed by atoms with Crippen molar-refractivity contribution >= 4 is 23.2 Å². The summed E-state index contributed by atoms with van der Waals surface area (Å²) in [6.07, 6.45) is 3.76. The number of hydrogen-bond acceptors (Lipinski definition) is 5. The molecule has 0 radical (unpaired) electrons. The van der Waals surface area contributed by atoms with Crippen molar-refractivity contribution in [3.63, 3.8) is 0 Å². The minimum Gasteiger partial charge on any atom is -0.477 e. The lowest BCUT2D eigenvalue weighted by Crippen LogP contribution is -2.38. The SMILES string of the molecule is CC(C)N(CCc1nccs1)C(=O)c1ccnc(C(=O)O)c1. The fraction of sp³-hybridized carbons (Fsp3) is 0.333. The average Bonchev–Trinajstić information content (AvgIpc) is 3.00. The van der Waals surface area contributed by atoms with Gasteiger partial charge < -0.3 is 10.0 Å². The number of amides is 1. The van der Waals surface area contributed by atoms with Crippen molar-refractivity contribution in [3.8, 4) is 0 Å². The van der Waals surface area contributed by atoms with Crippen LogP contribution in [-0.2, 0) is 6.42 Å². The Hall–Kier alpha value is -2.28. The lowest BCUT2D eigenvalue weighted by Gasteiger charge is -2.26. The molecule has 6 nitrogen and oxygen atoms in total. The molecule has 0 aliphatic rings. The molecular weight excluding hydrogens is 302 g/mol. The fourth-order valence-corrected chi connectivity index (χ4v) is 2.64. The molecular formula is C15H17N3O3S. The molecule has 2 heterocycles. The van der Waals surface area contributed by atoms with Gasteiger partial charge in [0.05, 0.1) is 5.01 Å². The molecule has 0 unspecified atom stereocenters. The Morgan fingerprint density at radius 1 is 1.32 bits per heavy atom. The standard InChI is InChI=1S/C15H17N3O3S/c1-10(2)18(7-4-13-17-6-8-22-13)14(19)11-3-5-16-12(9-11)15(20)21/h3,5-6,8-10H,4,7H2,1-2H3,(H,20,21). The van der Waals surface area contributed by atoms with E-state index in [0.29, 0.717) is 18.5 Å². The second-order valence-corrected chi connectivity index (χ2v) is 5.98. The third-order valence-electron chi connectivity index (χ3n) is 3.16. The average molecular weight is 319 g/mol. The van der Waals surface area contributed by atoms with Gasteiger partial charge in [-0.2, -0.15) is 0 Å². The van der Waals surface area contributed by atoms with Crippen LogP contribution in [0.25, 0.3) is 0 Å². The van der Waals surface area contributed by atoms with E-state index in [9.17, 15) is 9.59 Å². The van der Waals surface area contributed by atoms with E-state index in [4.69, 9.17) is 5.11 Å².